The SMILES string of the molecule is CCCCCC(CC(N)=O)Oc1ccc(OCc2ccccc2)cc1. The molecule has 0 spiro atoms. The molecule has 2 aromatic carbocycles. The Morgan fingerprint density at radius 1 is 1.00 bits per heavy atom. The molecule has 134 valence electrons. The summed E-state index contributed by atoms with van der Waals surface area (Å²) in [6.07, 6.45) is 4.22. The summed E-state index contributed by atoms with van der Waals surface area (Å²) in [6, 6.07) is 17.5. The van der Waals surface area contributed by atoms with E-state index in [4.69, 9.17) is 15.2 Å². The van der Waals surface area contributed by atoms with Crippen LogP contribution in [0.15, 0.2) is 54.6 Å². The van der Waals surface area contributed by atoms with E-state index in [1.54, 1.807) is 0 Å². The third-order valence-corrected chi connectivity index (χ3v) is 3.93. The van der Waals surface area contributed by atoms with E-state index in [0.29, 0.717) is 6.61 Å². The number of unbranched alkanes of at least 4 members (excludes halogenated alkanes) is 2. The first-order chi connectivity index (χ1) is 12.2. The molecule has 0 fully saturated rings. The summed E-state index contributed by atoms with van der Waals surface area (Å²) in [7, 11) is 0. The van der Waals surface area contributed by atoms with Gasteiger partial charge in [-0.2, -0.15) is 0 Å². The average molecular weight is 341 g/mol. The number of rotatable bonds is 11. The molecular weight excluding hydrogens is 314 g/mol. The summed E-state index contributed by atoms with van der Waals surface area (Å²) in [5.74, 6) is 1.19. The monoisotopic (exact) mass is 341 g/mol. The van der Waals surface area contributed by atoms with Crippen molar-refractivity contribution in [2.45, 2.75) is 51.7 Å². The second-order valence-corrected chi connectivity index (χ2v) is 6.15. The lowest BCUT2D eigenvalue weighted by Gasteiger charge is -2.18. The first-order valence-corrected chi connectivity index (χ1v) is 8.89. The average Bonchev–Trinajstić information content (AvgIpc) is 2.62. The molecule has 2 aromatic rings. The van der Waals surface area contributed by atoms with E-state index in [-0.39, 0.29) is 18.4 Å². The van der Waals surface area contributed by atoms with Crippen LogP contribution >= 0.6 is 0 Å². The zero-order valence-corrected chi connectivity index (χ0v) is 14.8. The highest BCUT2D eigenvalue weighted by Crippen LogP contribution is 2.22. The van der Waals surface area contributed by atoms with Gasteiger partial charge >= 0.3 is 0 Å². The minimum Gasteiger partial charge on any atom is -0.490 e. The summed E-state index contributed by atoms with van der Waals surface area (Å²) in [4.78, 5) is 11.2. The Bertz CT molecular complexity index is 625. The maximum absolute atomic E-state index is 11.2. The molecule has 4 nitrogen and oxygen atoms in total. The van der Waals surface area contributed by atoms with Crippen molar-refractivity contribution in [3.05, 3.63) is 60.2 Å². The van der Waals surface area contributed by atoms with Gasteiger partial charge in [-0.3, -0.25) is 4.79 Å². The molecule has 0 aliphatic carbocycles. The van der Waals surface area contributed by atoms with Crippen molar-refractivity contribution in [2.75, 3.05) is 0 Å². The van der Waals surface area contributed by atoms with Gasteiger partial charge in [-0.25, -0.2) is 0 Å². The van der Waals surface area contributed by atoms with E-state index >= 15 is 0 Å². The Labute approximate surface area is 150 Å². The number of hydrogen-bond acceptors (Lipinski definition) is 3. The first-order valence-electron chi connectivity index (χ1n) is 8.89. The van der Waals surface area contributed by atoms with Gasteiger partial charge in [0.2, 0.25) is 5.91 Å². The summed E-state index contributed by atoms with van der Waals surface area (Å²) in [5, 5.41) is 0. The molecule has 4 heteroatoms. The van der Waals surface area contributed by atoms with Gasteiger partial charge in [0.05, 0.1) is 6.42 Å². The topological polar surface area (TPSA) is 61.6 Å². The molecule has 2 rings (SSSR count). The van der Waals surface area contributed by atoms with Crippen molar-refractivity contribution < 1.29 is 14.3 Å². The summed E-state index contributed by atoms with van der Waals surface area (Å²) in [6.45, 7) is 2.68. The third kappa shape index (κ3) is 7.29. The first kappa shape index (κ1) is 18.8. The van der Waals surface area contributed by atoms with Crippen molar-refractivity contribution in [3.8, 4) is 11.5 Å². The van der Waals surface area contributed by atoms with Gasteiger partial charge in [-0.1, -0.05) is 50.1 Å². The largest absolute Gasteiger partial charge is 0.490 e. The highest BCUT2D eigenvalue weighted by atomic mass is 16.5. The van der Waals surface area contributed by atoms with E-state index in [2.05, 4.69) is 6.92 Å². The van der Waals surface area contributed by atoms with Gasteiger partial charge in [0.1, 0.15) is 24.2 Å². The fraction of sp³-hybridized carbons (Fsp3) is 0.381. The quantitative estimate of drug-likeness (QED) is 0.613. The molecule has 0 radical (unpaired) electrons. The number of benzene rings is 2. The van der Waals surface area contributed by atoms with Crippen LogP contribution in [-0.2, 0) is 11.4 Å². The van der Waals surface area contributed by atoms with Crippen molar-refractivity contribution in [1.29, 1.82) is 0 Å². The maximum atomic E-state index is 11.2. The summed E-state index contributed by atoms with van der Waals surface area (Å²) < 4.78 is 11.7. The summed E-state index contributed by atoms with van der Waals surface area (Å²) >= 11 is 0. The van der Waals surface area contributed by atoms with Crippen LogP contribution in [0.4, 0.5) is 0 Å². The Balaban J connectivity index is 1.87. The number of primary amides is 1. The predicted molar refractivity (Wildman–Crippen MR) is 99.6 cm³/mol. The standard InChI is InChI=1S/C21H27NO3/c1-2-3-5-10-20(15-21(22)23)25-19-13-11-18(12-14-19)24-16-17-8-6-4-7-9-17/h4,6-9,11-14,20H,2-3,5,10,15-16H2,1H3,(H2,22,23). The number of ether oxygens (including phenoxy) is 2. The van der Waals surface area contributed by atoms with E-state index in [1.165, 1.54) is 0 Å². The number of hydrogen-bond donors (Lipinski definition) is 1. The van der Waals surface area contributed by atoms with Crippen molar-refractivity contribution >= 4 is 5.91 Å². The minimum atomic E-state index is -0.329. The molecule has 1 amide bonds. The predicted octanol–water partition coefficient (Wildman–Crippen LogP) is 4.47. The summed E-state index contributed by atoms with van der Waals surface area (Å²) in [5.41, 5.74) is 6.46. The fourth-order valence-corrected chi connectivity index (χ4v) is 2.60. The molecule has 0 bridgehead atoms. The van der Waals surface area contributed by atoms with Crippen molar-refractivity contribution in [2.24, 2.45) is 5.73 Å². The molecular formula is C21H27NO3. The van der Waals surface area contributed by atoms with Crippen molar-refractivity contribution in [3.63, 3.8) is 0 Å². The van der Waals surface area contributed by atoms with Crippen LogP contribution in [0, 0.1) is 0 Å². The van der Waals surface area contributed by atoms with Gasteiger partial charge < -0.3 is 15.2 Å². The number of nitrogens with two attached hydrogens (primary N) is 1. The molecule has 0 saturated carbocycles. The van der Waals surface area contributed by atoms with E-state index < -0.39 is 0 Å². The third-order valence-electron chi connectivity index (χ3n) is 3.93. The molecule has 25 heavy (non-hydrogen) atoms. The Morgan fingerprint density at radius 3 is 2.32 bits per heavy atom. The number of carbonyl (C=O) groups excluding carboxylic acids is 1. The molecule has 1 unspecified atom stereocenters. The van der Waals surface area contributed by atoms with E-state index in [1.807, 2.05) is 54.6 Å². The second kappa shape index (κ2) is 10.4. The Kier molecular flexibility index (Phi) is 7.83. The van der Waals surface area contributed by atoms with Crippen LogP contribution < -0.4 is 15.2 Å². The van der Waals surface area contributed by atoms with Gasteiger partial charge in [0.25, 0.3) is 0 Å². The zero-order chi connectivity index (χ0) is 17.9. The highest BCUT2D eigenvalue weighted by Gasteiger charge is 2.13. The number of carbonyl (C=O) groups is 1. The lowest BCUT2D eigenvalue weighted by Crippen LogP contribution is -2.25. The molecule has 0 aromatic heterocycles. The normalized spacial score (nSPS) is 11.7. The maximum Gasteiger partial charge on any atom is 0.221 e. The molecule has 0 aliphatic heterocycles. The van der Waals surface area contributed by atoms with Crippen LogP contribution in [0.25, 0.3) is 0 Å². The van der Waals surface area contributed by atoms with E-state index in [9.17, 15) is 4.79 Å². The van der Waals surface area contributed by atoms with Crippen LogP contribution in [0.5, 0.6) is 11.5 Å². The van der Waals surface area contributed by atoms with Crippen LogP contribution in [0.3, 0.4) is 0 Å². The van der Waals surface area contributed by atoms with Crippen LogP contribution in [0.1, 0.15) is 44.6 Å². The van der Waals surface area contributed by atoms with Crippen LogP contribution in [0.2, 0.25) is 0 Å². The van der Waals surface area contributed by atoms with E-state index in [0.717, 1.165) is 42.7 Å². The number of amides is 1. The van der Waals surface area contributed by atoms with Gasteiger partial charge in [0.15, 0.2) is 0 Å². The molecule has 1 atom stereocenters. The van der Waals surface area contributed by atoms with Gasteiger partial charge in [-0.05, 0) is 42.7 Å². The highest BCUT2D eigenvalue weighted by molar-refractivity contribution is 5.74. The molecule has 0 saturated heterocycles. The van der Waals surface area contributed by atoms with Gasteiger partial charge in [0, 0.05) is 0 Å². The lowest BCUT2D eigenvalue weighted by molar-refractivity contribution is -0.119. The smallest absolute Gasteiger partial charge is 0.221 e. The molecule has 2 N–H and O–H groups in total. The van der Waals surface area contributed by atoms with Crippen molar-refractivity contribution in [1.82, 2.24) is 0 Å². The Hall–Kier alpha value is -2.49. The lowest BCUT2D eigenvalue weighted by atomic mass is 10.1. The fourth-order valence-electron chi connectivity index (χ4n) is 2.60. The van der Waals surface area contributed by atoms with Crippen LogP contribution in [-0.4, -0.2) is 12.0 Å². The zero-order valence-electron chi connectivity index (χ0n) is 14.8. The Morgan fingerprint density at radius 2 is 1.68 bits per heavy atom. The van der Waals surface area contributed by atoms with Gasteiger partial charge in [-0.15, -0.1) is 0 Å². The molecule has 0 aliphatic rings. The second-order valence-electron chi connectivity index (χ2n) is 6.15. The molecule has 0 heterocycles. The minimum absolute atomic E-state index is 0.167.